The molecule has 6 heteroatoms. The van der Waals surface area contributed by atoms with Crippen molar-refractivity contribution in [2.24, 2.45) is 0 Å². The van der Waals surface area contributed by atoms with Crippen LogP contribution in [0, 0.1) is 0 Å². The van der Waals surface area contributed by atoms with Gasteiger partial charge in [0.2, 0.25) is 0 Å². The molecule has 0 aliphatic carbocycles. The normalized spacial score (nSPS) is 10.8. The highest BCUT2D eigenvalue weighted by Gasteiger charge is 2.09. The average molecular weight is 575 g/mol. The van der Waals surface area contributed by atoms with Crippen molar-refractivity contribution in [2.75, 3.05) is 25.1 Å². The SMILES string of the molecule is CCCCCCCCCCCCCCCNC(=O)OCC(COC(=O)CCCCCCCBr)=C(C)C. The third-order valence-corrected chi connectivity index (χ3v) is 7.12. The largest absolute Gasteiger partial charge is 0.461 e. The lowest BCUT2D eigenvalue weighted by Gasteiger charge is -2.12. The summed E-state index contributed by atoms with van der Waals surface area (Å²) in [5, 5.41) is 3.88. The number of alkyl halides is 1. The lowest BCUT2D eigenvalue weighted by Crippen LogP contribution is -2.26. The van der Waals surface area contributed by atoms with Gasteiger partial charge in [-0.25, -0.2) is 4.79 Å². The number of unbranched alkanes of at least 4 members (excludes halogenated alkanes) is 16. The molecule has 0 aliphatic rings. The molecule has 1 amide bonds. The number of carbonyl (C=O) groups excluding carboxylic acids is 2. The van der Waals surface area contributed by atoms with E-state index in [0.717, 1.165) is 48.6 Å². The highest BCUT2D eigenvalue weighted by molar-refractivity contribution is 9.09. The molecule has 0 aromatic rings. The first-order chi connectivity index (χ1) is 17.5. The van der Waals surface area contributed by atoms with E-state index in [-0.39, 0.29) is 19.2 Å². The number of nitrogens with one attached hydrogen (secondary N) is 1. The number of hydrogen-bond acceptors (Lipinski definition) is 4. The lowest BCUT2D eigenvalue weighted by molar-refractivity contribution is -0.142. The van der Waals surface area contributed by atoms with Crippen LogP contribution in [0.2, 0.25) is 0 Å². The molecule has 36 heavy (non-hydrogen) atoms. The molecule has 0 rings (SSSR count). The zero-order valence-corrected chi connectivity index (χ0v) is 25.4. The third-order valence-electron chi connectivity index (χ3n) is 6.56. The molecule has 0 aliphatic heterocycles. The molecule has 0 bridgehead atoms. The van der Waals surface area contributed by atoms with E-state index in [2.05, 4.69) is 28.2 Å². The Bertz CT molecular complexity index is 561. The summed E-state index contributed by atoms with van der Waals surface area (Å²) < 4.78 is 10.7. The summed E-state index contributed by atoms with van der Waals surface area (Å²) in [6.07, 6.45) is 22.5. The monoisotopic (exact) mass is 573 g/mol. The van der Waals surface area contributed by atoms with Gasteiger partial charge in [-0.15, -0.1) is 0 Å². The van der Waals surface area contributed by atoms with E-state index < -0.39 is 6.09 Å². The van der Waals surface area contributed by atoms with Gasteiger partial charge in [-0.1, -0.05) is 125 Å². The number of esters is 1. The van der Waals surface area contributed by atoms with Gasteiger partial charge in [-0.05, 0) is 33.1 Å². The fraction of sp³-hybridized carbons (Fsp3) is 0.867. The highest BCUT2D eigenvalue weighted by Crippen LogP contribution is 2.13. The average Bonchev–Trinajstić information content (AvgIpc) is 2.86. The number of amides is 1. The summed E-state index contributed by atoms with van der Waals surface area (Å²) in [7, 11) is 0. The maximum Gasteiger partial charge on any atom is 0.407 e. The van der Waals surface area contributed by atoms with E-state index in [1.54, 1.807) is 0 Å². The predicted octanol–water partition coefficient (Wildman–Crippen LogP) is 9.42. The van der Waals surface area contributed by atoms with Gasteiger partial charge in [0.25, 0.3) is 0 Å². The number of ether oxygens (including phenoxy) is 2. The maximum absolute atomic E-state index is 12.0. The first kappa shape index (κ1) is 35.0. The van der Waals surface area contributed by atoms with Crippen molar-refractivity contribution in [3.8, 4) is 0 Å². The molecular weight excluding hydrogens is 518 g/mol. The molecule has 0 saturated carbocycles. The molecule has 5 nitrogen and oxygen atoms in total. The zero-order valence-electron chi connectivity index (χ0n) is 23.8. The quantitative estimate of drug-likeness (QED) is 0.0511. The number of alkyl carbamates (subject to hydrolysis) is 1. The topological polar surface area (TPSA) is 64.6 Å². The van der Waals surface area contributed by atoms with Crippen LogP contribution < -0.4 is 5.32 Å². The molecular formula is C30H56BrNO4. The van der Waals surface area contributed by atoms with Crippen molar-refractivity contribution in [2.45, 2.75) is 143 Å². The molecule has 0 fully saturated rings. The van der Waals surface area contributed by atoms with E-state index in [9.17, 15) is 9.59 Å². The van der Waals surface area contributed by atoms with Crippen LogP contribution in [-0.2, 0) is 14.3 Å². The number of allylic oxidation sites excluding steroid dienone is 1. The Balaban J connectivity index is 3.68. The molecule has 0 atom stereocenters. The van der Waals surface area contributed by atoms with Crippen LogP contribution in [0.15, 0.2) is 11.1 Å². The Morgan fingerprint density at radius 1 is 0.639 bits per heavy atom. The number of halogens is 1. The van der Waals surface area contributed by atoms with Crippen LogP contribution in [0.3, 0.4) is 0 Å². The van der Waals surface area contributed by atoms with Gasteiger partial charge < -0.3 is 14.8 Å². The second kappa shape index (κ2) is 27.0. The van der Waals surface area contributed by atoms with Gasteiger partial charge in [0, 0.05) is 23.9 Å². The van der Waals surface area contributed by atoms with Crippen LogP contribution in [0.25, 0.3) is 0 Å². The molecule has 1 N–H and O–H groups in total. The summed E-state index contributed by atoms with van der Waals surface area (Å²) in [5.41, 5.74) is 1.86. The second-order valence-corrected chi connectivity index (χ2v) is 11.0. The Morgan fingerprint density at radius 2 is 1.11 bits per heavy atom. The van der Waals surface area contributed by atoms with Crippen LogP contribution in [0.1, 0.15) is 143 Å². The van der Waals surface area contributed by atoms with E-state index in [1.165, 1.54) is 83.5 Å². The molecule has 0 radical (unpaired) electrons. The molecule has 0 saturated heterocycles. The minimum absolute atomic E-state index is 0.159. The maximum atomic E-state index is 12.0. The minimum Gasteiger partial charge on any atom is -0.461 e. The van der Waals surface area contributed by atoms with Crippen molar-refractivity contribution >= 4 is 28.0 Å². The Kier molecular flexibility index (Phi) is 26.2. The van der Waals surface area contributed by atoms with Gasteiger partial charge in [0.05, 0.1) is 0 Å². The smallest absolute Gasteiger partial charge is 0.407 e. The van der Waals surface area contributed by atoms with Crippen molar-refractivity contribution in [3.05, 3.63) is 11.1 Å². The number of rotatable bonds is 25. The lowest BCUT2D eigenvalue weighted by atomic mass is 10.0. The van der Waals surface area contributed by atoms with E-state index in [4.69, 9.17) is 9.47 Å². The Hall–Kier alpha value is -1.04. The van der Waals surface area contributed by atoms with Gasteiger partial charge in [0.1, 0.15) is 13.2 Å². The standard InChI is InChI=1S/C30H56BrNO4/c1-4-5-6-7-8-9-10-11-12-13-14-18-21-24-32-30(34)36-26-28(27(2)3)25-35-29(33)22-19-16-15-17-20-23-31/h4-26H2,1-3H3,(H,32,34). The zero-order chi connectivity index (χ0) is 26.7. The molecule has 212 valence electrons. The number of hydrogen-bond donors (Lipinski definition) is 1. The van der Waals surface area contributed by atoms with Crippen molar-refractivity contribution in [3.63, 3.8) is 0 Å². The van der Waals surface area contributed by atoms with Crippen LogP contribution in [-0.4, -0.2) is 37.2 Å². The van der Waals surface area contributed by atoms with Crippen LogP contribution in [0.5, 0.6) is 0 Å². The highest BCUT2D eigenvalue weighted by atomic mass is 79.9. The summed E-state index contributed by atoms with van der Waals surface area (Å²) >= 11 is 3.43. The Morgan fingerprint density at radius 3 is 1.64 bits per heavy atom. The molecule has 0 aromatic carbocycles. The van der Waals surface area contributed by atoms with E-state index in [0.29, 0.717) is 13.0 Å². The fourth-order valence-corrected chi connectivity index (χ4v) is 4.40. The summed E-state index contributed by atoms with van der Waals surface area (Å²) in [6, 6.07) is 0. The fourth-order valence-electron chi connectivity index (χ4n) is 4.00. The van der Waals surface area contributed by atoms with Crippen molar-refractivity contribution in [1.29, 1.82) is 0 Å². The van der Waals surface area contributed by atoms with Crippen LogP contribution in [0.4, 0.5) is 4.79 Å². The van der Waals surface area contributed by atoms with E-state index in [1.807, 2.05) is 13.8 Å². The molecule has 0 spiro atoms. The van der Waals surface area contributed by atoms with Gasteiger partial charge in [0.15, 0.2) is 0 Å². The molecule has 0 heterocycles. The Labute approximate surface area is 231 Å². The van der Waals surface area contributed by atoms with Gasteiger partial charge in [-0.2, -0.15) is 0 Å². The third kappa shape index (κ3) is 24.6. The van der Waals surface area contributed by atoms with Gasteiger partial charge >= 0.3 is 12.1 Å². The summed E-state index contributed by atoms with van der Waals surface area (Å²) in [6.45, 7) is 7.15. The van der Waals surface area contributed by atoms with Crippen molar-refractivity contribution in [1.82, 2.24) is 5.32 Å². The summed E-state index contributed by atoms with van der Waals surface area (Å²) in [5.74, 6) is -0.180. The van der Waals surface area contributed by atoms with Gasteiger partial charge in [-0.3, -0.25) is 4.79 Å². The first-order valence-corrected chi connectivity index (χ1v) is 15.9. The first-order valence-electron chi connectivity index (χ1n) is 14.8. The molecule has 0 aromatic heterocycles. The van der Waals surface area contributed by atoms with Crippen LogP contribution >= 0.6 is 15.9 Å². The predicted molar refractivity (Wildman–Crippen MR) is 156 cm³/mol. The van der Waals surface area contributed by atoms with E-state index >= 15 is 0 Å². The van der Waals surface area contributed by atoms with Crippen molar-refractivity contribution < 1.29 is 19.1 Å². The minimum atomic E-state index is -0.400. The summed E-state index contributed by atoms with van der Waals surface area (Å²) in [4.78, 5) is 24.0. The molecule has 0 unspecified atom stereocenters. The second-order valence-electron chi connectivity index (χ2n) is 10.2. The number of carbonyl (C=O) groups is 2.